The second-order valence-electron chi connectivity index (χ2n) is 11.6. The summed E-state index contributed by atoms with van der Waals surface area (Å²) in [4.78, 5) is 30.8. The van der Waals surface area contributed by atoms with Gasteiger partial charge < -0.3 is 25.6 Å². The summed E-state index contributed by atoms with van der Waals surface area (Å²) >= 11 is 0. The number of amides is 3. The normalized spacial score (nSPS) is 16.3. The molecule has 45 heavy (non-hydrogen) atoms. The minimum Gasteiger partial charge on any atom is -0.379 e. The standard InChI is InChI=1S/C34H40F3N5O3/c35-34(36,37)27-8-4-9-28(23-27)39-33(44)40-29-10-11-31(42-16-12-26(13-17-42)22-25-6-2-1-3-7-25)30(24-29)32(43)38-14-5-15-41-18-20-45-21-19-41/h1-4,6-11,23-24,26H,5,12-22H2,(H,38,43)(H2,39,40,44). The fourth-order valence-corrected chi connectivity index (χ4v) is 5.89. The van der Waals surface area contributed by atoms with Crippen LogP contribution in [0.3, 0.4) is 0 Å². The zero-order chi connectivity index (χ0) is 31.6. The van der Waals surface area contributed by atoms with Gasteiger partial charge >= 0.3 is 12.2 Å². The molecular formula is C34H40F3N5O3. The number of alkyl halides is 3. The van der Waals surface area contributed by atoms with E-state index in [2.05, 4.69) is 50.0 Å². The number of piperidine rings is 1. The molecule has 0 aliphatic carbocycles. The van der Waals surface area contributed by atoms with Crippen LogP contribution in [0.15, 0.2) is 72.8 Å². The highest BCUT2D eigenvalue weighted by molar-refractivity contribution is 6.04. The highest BCUT2D eigenvalue weighted by atomic mass is 19.4. The molecule has 0 radical (unpaired) electrons. The maximum Gasteiger partial charge on any atom is 0.416 e. The Labute approximate surface area is 261 Å². The maximum absolute atomic E-state index is 13.5. The molecule has 0 unspecified atom stereocenters. The molecule has 2 heterocycles. The largest absolute Gasteiger partial charge is 0.416 e. The van der Waals surface area contributed by atoms with Crippen LogP contribution in [0.5, 0.6) is 0 Å². The van der Waals surface area contributed by atoms with Crippen LogP contribution in [0.2, 0.25) is 0 Å². The third kappa shape index (κ3) is 9.45. The van der Waals surface area contributed by atoms with Gasteiger partial charge in [-0.2, -0.15) is 13.2 Å². The number of rotatable bonds is 10. The Morgan fingerprint density at radius 2 is 1.56 bits per heavy atom. The quantitative estimate of drug-likeness (QED) is 0.232. The molecular weight excluding hydrogens is 583 g/mol. The SMILES string of the molecule is O=C(Nc1cccc(C(F)(F)F)c1)Nc1ccc(N2CCC(Cc3ccccc3)CC2)c(C(=O)NCCCN2CCOCC2)c1. The third-order valence-electron chi connectivity index (χ3n) is 8.31. The molecule has 3 aromatic carbocycles. The topological polar surface area (TPSA) is 85.9 Å². The van der Waals surface area contributed by atoms with E-state index in [0.29, 0.717) is 23.7 Å². The van der Waals surface area contributed by atoms with Crippen LogP contribution in [-0.4, -0.2) is 69.3 Å². The first kappa shape index (κ1) is 32.3. The molecule has 2 fully saturated rings. The molecule has 0 spiro atoms. The van der Waals surface area contributed by atoms with Crippen molar-refractivity contribution < 1.29 is 27.5 Å². The van der Waals surface area contributed by atoms with E-state index in [0.717, 1.165) is 89.4 Å². The number of benzene rings is 3. The fourth-order valence-electron chi connectivity index (χ4n) is 5.89. The van der Waals surface area contributed by atoms with E-state index in [9.17, 15) is 22.8 Å². The lowest BCUT2D eigenvalue weighted by molar-refractivity contribution is -0.137. The minimum atomic E-state index is -4.52. The van der Waals surface area contributed by atoms with Gasteiger partial charge in [-0.25, -0.2) is 4.79 Å². The number of halogens is 3. The summed E-state index contributed by atoms with van der Waals surface area (Å²) in [6.07, 6.45) is -0.716. The van der Waals surface area contributed by atoms with Gasteiger partial charge in [0.2, 0.25) is 0 Å². The summed E-state index contributed by atoms with van der Waals surface area (Å²) < 4.78 is 44.7. The van der Waals surface area contributed by atoms with Gasteiger partial charge in [-0.3, -0.25) is 9.69 Å². The summed E-state index contributed by atoms with van der Waals surface area (Å²) in [5.74, 6) is 0.321. The van der Waals surface area contributed by atoms with E-state index in [4.69, 9.17) is 4.74 Å². The summed E-state index contributed by atoms with van der Waals surface area (Å²) in [5.41, 5.74) is 2.08. The van der Waals surface area contributed by atoms with E-state index < -0.39 is 17.8 Å². The zero-order valence-electron chi connectivity index (χ0n) is 25.2. The number of anilines is 3. The van der Waals surface area contributed by atoms with Crippen molar-refractivity contribution in [2.45, 2.75) is 31.9 Å². The molecule has 0 aromatic heterocycles. The number of nitrogens with one attached hydrogen (secondary N) is 3. The Bertz CT molecular complexity index is 1420. The lowest BCUT2D eigenvalue weighted by Crippen LogP contribution is -2.38. The first-order chi connectivity index (χ1) is 21.7. The molecule has 240 valence electrons. The molecule has 2 saturated heterocycles. The molecule has 3 aromatic rings. The lowest BCUT2D eigenvalue weighted by Gasteiger charge is -2.35. The van der Waals surface area contributed by atoms with Crippen molar-refractivity contribution in [3.05, 3.63) is 89.5 Å². The van der Waals surface area contributed by atoms with E-state index >= 15 is 0 Å². The minimum absolute atomic E-state index is 0.00977. The maximum atomic E-state index is 13.5. The zero-order valence-corrected chi connectivity index (χ0v) is 25.2. The van der Waals surface area contributed by atoms with E-state index in [1.165, 1.54) is 17.7 Å². The molecule has 0 saturated carbocycles. The number of nitrogens with zero attached hydrogens (tertiary/aromatic N) is 2. The van der Waals surface area contributed by atoms with Crippen molar-refractivity contribution in [3.63, 3.8) is 0 Å². The first-order valence-corrected chi connectivity index (χ1v) is 15.5. The van der Waals surface area contributed by atoms with Gasteiger partial charge in [0.1, 0.15) is 0 Å². The molecule has 0 bridgehead atoms. The van der Waals surface area contributed by atoms with Crippen LogP contribution in [0.1, 0.15) is 40.7 Å². The summed E-state index contributed by atoms with van der Waals surface area (Å²) in [7, 11) is 0. The van der Waals surface area contributed by atoms with Crippen molar-refractivity contribution >= 4 is 29.0 Å². The molecule has 2 aliphatic heterocycles. The second kappa shape index (κ2) is 15.3. The van der Waals surface area contributed by atoms with Crippen LogP contribution in [-0.2, 0) is 17.3 Å². The van der Waals surface area contributed by atoms with Crippen LogP contribution in [0, 0.1) is 5.92 Å². The highest BCUT2D eigenvalue weighted by Crippen LogP contribution is 2.32. The first-order valence-electron chi connectivity index (χ1n) is 15.5. The van der Waals surface area contributed by atoms with Crippen LogP contribution < -0.4 is 20.9 Å². The van der Waals surface area contributed by atoms with Gasteiger partial charge in [0, 0.05) is 49.8 Å². The van der Waals surface area contributed by atoms with Crippen LogP contribution in [0.25, 0.3) is 0 Å². The van der Waals surface area contributed by atoms with Crippen molar-refractivity contribution in [2.24, 2.45) is 5.92 Å². The molecule has 0 atom stereocenters. The average Bonchev–Trinajstić information content (AvgIpc) is 3.04. The van der Waals surface area contributed by atoms with Gasteiger partial charge in [0.15, 0.2) is 0 Å². The van der Waals surface area contributed by atoms with Gasteiger partial charge in [0.25, 0.3) is 5.91 Å². The number of carbonyl (C=O) groups excluding carboxylic acids is 2. The predicted molar refractivity (Wildman–Crippen MR) is 170 cm³/mol. The van der Waals surface area contributed by atoms with E-state index in [-0.39, 0.29) is 11.6 Å². The Hall–Kier alpha value is -4.09. The lowest BCUT2D eigenvalue weighted by atomic mass is 9.89. The van der Waals surface area contributed by atoms with Crippen LogP contribution >= 0.6 is 0 Å². The third-order valence-corrected chi connectivity index (χ3v) is 8.31. The van der Waals surface area contributed by atoms with Gasteiger partial charge in [0.05, 0.1) is 24.3 Å². The van der Waals surface area contributed by atoms with Crippen molar-refractivity contribution in [1.82, 2.24) is 10.2 Å². The number of ether oxygens (including phenoxy) is 1. The Morgan fingerprint density at radius 3 is 2.27 bits per heavy atom. The monoisotopic (exact) mass is 623 g/mol. The molecule has 11 heteroatoms. The number of morpholine rings is 1. The summed E-state index contributed by atoms with van der Waals surface area (Å²) in [6.45, 7) is 6.18. The fraction of sp³-hybridized carbons (Fsp3) is 0.412. The molecule has 2 aliphatic rings. The Morgan fingerprint density at radius 1 is 0.844 bits per heavy atom. The van der Waals surface area contributed by atoms with Crippen molar-refractivity contribution in [2.75, 3.05) is 68.0 Å². The smallest absolute Gasteiger partial charge is 0.379 e. The molecule has 8 nitrogen and oxygen atoms in total. The van der Waals surface area contributed by atoms with Crippen LogP contribution in [0.4, 0.5) is 35.0 Å². The summed E-state index contributed by atoms with van der Waals surface area (Å²) in [5, 5.41) is 8.16. The molecule has 5 rings (SSSR count). The van der Waals surface area contributed by atoms with Gasteiger partial charge in [-0.05, 0) is 80.1 Å². The van der Waals surface area contributed by atoms with E-state index in [1.807, 2.05) is 12.1 Å². The Kier molecular flexibility index (Phi) is 11.0. The number of carbonyl (C=O) groups is 2. The second-order valence-corrected chi connectivity index (χ2v) is 11.6. The van der Waals surface area contributed by atoms with Gasteiger partial charge in [-0.1, -0.05) is 36.4 Å². The molecule has 3 N–H and O–H groups in total. The summed E-state index contributed by atoms with van der Waals surface area (Å²) in [6, 6.07) is 19.4. The number of hydrogen-bond acceptors (Lipinski definition) is 5. The van der Waals surface area contributed by atoms with E-state index in [1.54, 1.807) is 12.1 Å². The average molecular weight is 624 g/mol. The van der Waals surface area contributed by atoms with Gasteiger partial charge in [-0.15, -0.1) is 0 Å². The number of hydrogen-bond donors (Lipinski definition) is 3. The Balaban J connectivity index is 1.25. The number of urea groups is 1. The predicted octanol–water partition coefficient (Wildman–Crippen LogP) is 6.26. The molecule has 3 amide bonds. The van der Waals surface area contributed by atoms with Crippen molar-refractivity contribution in [3.8, 4) is 0 Å². The highest BCUT2D eigenvalue weighted by Gasteiger charge is 2.30. The van der Waals surface area contributed by atoms with Crippen molar-refractivity contribution in [1.29, 1.82) is 0 Å².